The summed E-state index contributed by atoms with van der Waals surface area (Å²) in [5, 5.41) is 11.5. The van der Waals surface area contributed by atoms with Crippen molar-refractivity contribution >= 4 is 21.6 Å². The van der Waals surface area contributed by atoms with Crippen molar-refractivity contribution in [2.24, 2.45) is 5.73 Å². The first-order chi connectivity index (χ1) is 12.5. The maximum absolute atomic E-state index is 12.9. The van der Waals surface area contributed by atoms with Crippen molar-refractivity contribution in [3.05, 3.63) is 42.7 Å². The number of thiophene rings is 1. The molecule has 0 amide bonds. The lowest BCUT2D eigenvalue weighted by Gasteiger charge is -2.09. The largest absolute Gasteiger partial charge is 0.332 e. The van der Waals surface area contributed by atoms with Crippen molar-refractivity contribution < 1.29 is 4.63 Å². The Morgan fingerprint density at radius 1 is 1.23 bits per heavy atom. The van der Waals surface area contributed by atoms with Gasteiger partial charge in [-0.3, -0.25) is 13.9 Å². The molecule has 140 valence electrons. The van der Waals surface area contributed by atoms with Crippen LogP contribution in [0.1, 0.15) is 28.8 Å². The molecular weight excluding hydrogens is 356 g/mol. The summed E-state index contributed by atoms with van der Waals surface area (Å²) in [6.45, 7) is 7.81. The molecule has 3 N–H and O–H groups in total. The molecule has 0 spiro atoms. The Hall–Kier alpha value is -2.30. The molecule has 0 aliphatic rings. The number of nitrogens with two attached hydrogens (primary N) is 1. The van der Waals surface area contributed by atoms with Crippen LogP contribution < -0.4 is 22.3 Å². The molecule has 0 unspecified atom stereocenters. The van der Waals surface area contributed by atoms with E-state index in [1.807, 2.05) is 6.92 Å². The molecule has 0 atom stereocenters. The topological polar surface area (TPSA) is 121 Å². The molecule has 3 rings (SSSR count). The molecular formula is C16H22N6O3S. The van der Waals surface area contributed by atoms with Crippen molar-refractivity contribution in [3.8, 4) is 0 Å². The fourth-order valence-corrected chi connectivity index (χ4v) is 4.13. The lowest BCUT2D eigenvalue weighted by Crippen LogP contribution is -2.39. The van der Waals surface area contributed by atoms with E-state index < -0.39 is 0 Å². The number of fused-ring (bicyclic) bond motifs is 1. The maximum atomic E-state index is 12.9. The minimum Gasteiger partial charge on any atom is -0.329 e. The molecule has 0 bridgehead atoms. The Labute approximate surface area is 153 Å². The van der Waals surface area contributed by atoms with Gasteiger partial charge in [0.1, 0.15) is 16.2 Å². The number of rotatable bonds is 7. The van der Waals surface area contributed by atoms with Crippen LogP contribution in [0, 0.1) is 13.8 Å². The van der Waals surface area contributed by atoms with Gasteiger partial charge < -0.3 is 11.1 Å². The Morgan fingerprint density at radius 2 is 2.00 bits per heavy atom. The lowest BCUT2D eigenvalue weighted by molar-refractivity contribution is 0.300. The van der Waals surface area contributed by atoms with Crippen molar-refractivity contribution in [1.82, 2.24) is 24.8 Å². The lowest BCUT2D eigenvalue weighted by atomic mass is 10.2. The van der Waals surface area contributed by atoms with Gasteiger partial charge in [-0.05, 0) is 26.3 Å². The van der Waals surface area contributed by atoms with Crippen LogP contribution in [0.2, 0.25) is 0 Å². The molecule has 3 aromatic rings. The van der Waals surface area contributed by atoms with Crippen LogP contribution >= 0.6 is 11.3 Å². The molecule has 3 aromatic heterocycles. The number of nitrogens with one attached hydrogen (secondary N) is 1. The molecule has 0 aliphatic carbocycles. The second-order valence-electron chi connectivity index (χ2n) is 6.01. The molecule has 0 fully saturated rings. The van der Waals surface area contributed by atoms with E-state index in [9.17, 15) is 9.59 Å². The second kappa shape index (κ2) is 7.52. The molecule has 0 saturated heterocycles. The Balaban J connectivity index is 2.21. The zero-order chi connectivity index (χ0) is 18.8. The maximum Gasteiger partial charge on any atom is 0.332 e. The Morgan fingerprint density at radius 3 is 2.62 bits per heavy atom. The summed E-state index contributed by atoms with van der Waals surface area (Å²) < 4.78 is 7.57. The van der Waals surface area contributed by atoms with Gasteiger partial charge in [-0.25, -0.2) is 9.42 Å². The van der Waals surface area contributed by atoms with E-state index in [1.165, 1.54) is 15.9 Å². The van der Waals surface area contributed by atoms with E-state index in [1.54, 1.807) is 18.4 Å². The predicted octanol–water partition coefficient (Wildman–Crippen LogP) is 0.341. The number of hydrogen-bond donors (Lipinski definition) is 2. The van der Waals surface area contributed by atoms with Crippen LogP contribution in [-0.4, -0.2) is 32.5 Å². The average Bonchev–Trinajstić information content (AvgIpc) is 3.16. The molecule has 10 heteroatoms. The van der Waals surface area contributed by atoms with Gasteiger partial charge in [-0.15, -0.1) is 11.3 Å². The Bertz CT molecular complexity index is 1040. The SMILES string of the molecule is CCn1c(=O)c2c(C)c(CNCCN)sc2n(Cc2nonc2C)c1=O. The summed E-state index contributed by atoms with van der Waals surface area (Å²) in [5.41, 5.74) is 7.01. The second-order valence-corrected chi connectivity index (χ2v) is 7.09. The number of nitrogens with zero attached hydrogens (tertiary/aromatic N) is 4. The van der Waals surface area contributed by atoms with Gasteiger partial charge in [-0.2, -0.15) is 0 Å². The van der Waals surface area contributed by atoms with Gasteiger partial charge in [0.15, 0.2) is 0 Å². The number of aromatic nitrogens is 4. The van der Waals surface area contributed by atoms with Crippen LogP contribution in [0.4, 0.5) is 0 Å². The smallest absolute Gasteiger partial charge is 0.329 e. The normalized spacial score (nSPS) is 11.5. The summed E-state index contributed by atoms with van der Waals surface area (Å²) in [7, 11) is 0. The van der Waals surface area contributed by atoms with E-state index in [2.05, 4.69) is 15.6 Å². The fourth-order valence-electron chi connectivity index (χ4n) is 2.87. The van der Waals surface area contributed by atoms with Gasteiger partial charge in [-0.1, -0.05) is 10.3 Å². The van der Waals surface area contributed by atoms with Crippen molar-refractivity contribution in [2.45, 2.75) is 40.4 Å². The first kappa shape index (κ1) is 18.5. The quantitative estimate of drug-likeness (QED) is 0.569. The predicted molar refractivity (Wildman–Crippen MR) is 99.7 cm³/mol. The van der Waals surface area contributed by atoms with Gasteiger partial charge in [0.25, 0.3) is 5.56 Å². The third kappa shape index (κ3) is 3.11. The number of aryl methyl sites for hydroxylation is 2. The summed E-state index contributed by atoms with van der Waals surface area (Å²) in [4.78, 5) is 27.4. The minimum atomic E-state index is -0.352. The summed E-state index contributed by atoms with van der Waals surface area (Å²) in [5.74, 6) is 0. The van der Waals surface area contributed by atoms with Crippen molar-refractivity contribution in [3.63, 3.8) is 0 Å². The molecule has 0 aromatic carbocycles. The van der Waals surface area contributed by atoms with Gasteiger partial charge >= 0.3 is 5.69 Å². The first-order valence-electron chi connectivity index (χ1n) is 8.44. The molecule has 0 aliphatic heterocycles. The van der Waals surface area contributed by atoms with Gasteiger partial charge in [0, 0.05) is 31.1 Å². The average molecular weight is 378 g/mol. The van der Waals surface area contributed by atoms with E-state index in [0.29, 0.717) is 47.8 Å². The van der Waals surface area contributed by atoms with E-state index >= 15 is 0 Å². The van der Waals surface area contributed by atoms with Crippen molar-refractivity contribution in [2.75, 3.05) is 13.1 Å². The van der Waals surface area contributed by atoms with Gasteiger partial charge in [0.05, 0.1) is 11.9 Å². The van der Waals surface area contributed by atoms with Crippen molar-refractivity contribution in [1.29, 1.82) is 0 Å². The fraction of sp³-hybridized carbons (Fsp3) is 0.500. The molecule has 0 radical (unpaired) electrons. The third-order valence-electron chi connectivity index (χ3n) is 4.37. The molecule has 0 saturated carbocycles. The van der Waals surface area contributed by atoms with Gasteiger partial charge in [0.2, 0.25) is 0 Å². The van der Waals surface area contributed by atoms with E-state index in [0.717, 1.165) is 10.4 Å². The highest BCUT2D eigenvalue weighted by Gasteiger charge is 2.20. The monoisotopic (exact) mass is 378 g/mol. The molecule has 9 nitrogen and oxygen atoms in total. The number of hydrogen-bond acceptors (Lipinski definition) is 8. The summed E-state index contributed by atoms with van der Waals surface area (Å²) in [6.07, 6.45) is 0. The van der Waals surface area contributed by atoms with E-state index in [4.69, 9.17) is 10.4 Å². The van der Waals surface area contributed by atoms with E-state index in [-0.39, 0.29) is 17.8 Å². The zero-order valence-electron chi connectivity index (χ0n) is 15.0. The van der Waals surface area contributed by atoms with Crippen LogP contribution in [0.3, 0.4) is 0 Å². The highest BCUT2D eigenvalue weighted by Crippen LogP contribution is 2.28. The van der Waals surface area contributed by atoms with Crippen LogP contribution in [0.25, 0.3) is 10.2 Å². The standard InChI is InChI=1S/C16H22N6O3S/c1-4-21-14(23)13-9(2)12(7-18-6-5-17)26-15(13)22(16(21)24)8-11-10(3)19-25-20-11/h18H,4-8,17H2,1-3H3. The zero-order valence-corrected chi connectivity index (χ0v) is 15.9. The molecule has 3 heterocycles. The highest BCUT2D eigenvalue weighted by atomic mass is 32.1. The van der Waals surface area contributed by atoms with Crippen LogP contribution in [-0.2, 0) is 19.6 Å². The van der Waals surface area contributed by atoms with Crippen LogP contribution in [0.15, 0.2) is 14.2 Å². The third-order valence-corrected chi connectivity index (χ3v) is 5.68. The summed E-state index contributed by atoms with van der Waals surface area (Å²) in [6, 6.07) is 0. The highest BCUT2D eigenvalue weighted by molar-refractivity contribution is 7.18. The first-order valence-corrected chi connectivity index (χ1v) is 9.25. The summed E-state index contributed by atoms with van der Waals surface area (Å²) >= 11 is 1.44. The Kier molecular flexibility index (Phi) is 5.35. The molecule has 26 heavy (non-hydrogen) atoms. The van der Waals surface area contributed by atoms with Crippen LogP contribution in [0.5, 0.6) is 0 Å². The minimum absolute atomic E-state index is 0.209.